The number of anilines is 1. The molecule has 0 radical (unpaired) electrons. The minimum Gasteiger partial charge on any atom is -0.368 e. The molecule has 1 N–H and O–H groups in total. The van der Waals surface area contributed by atoms with Gasteiger partial charge in [0.15, 0.2) is 0 Å². The Morgan fingerprint density at radius 3 is 2.61 bits per heavy atom. The lowest BCUT2D eigenvalue weighted by Gasteiger charge is -2.37. The first-order valence-corrected chi connectivity index (χ1v) is 9.17. The molecule has 28 heavy (non-hydrogen) atoms. The molecular weight excluding hydrogens is 395 g/mol. The maximum atomic E-state index is 12.4. The molecule has 0 bridgehead atoms. The summed E-state index contributed by atoms with van der Waals surface area (Å²) in [6.07, 6.45) is -20.4. The summed E-state index contributed by atoms with van der Waals surface area (Å²) in [4.78, 5) is 15.4. The second-order valence-corrected chi connectivity index (χ2v) is 6.89. The topological polar surface area (TPSA) is 38.8 Å². The maximum absolute atomic E-state index is 12.4. The molecule has 1 heterocycles. The van der Waals surface area contributed by atoms with Crippen LogP contribution in [-0.4, -0.2) is 68.6 Å². The fraction of sp³-hybridized carbons (Fsp3) is 0.667. The van der Waals surface area contributed by atoms with E-state index in [-0.39, 0.29) is 28.8 Å². The van der Waals surface area contributed by atoms with Gasteiger partial charge in [0.2, 0.25) is 0 Å². The fourth-order valence-corrected chi connectivity index (χ4v) is 2.76. The Balaban J connectivity index is 2.10. The van der Waals surface area contributed by atoms with E-state index >= 15 is 0 Å². The number of carbonyl (C=O) groups excluding carboxylic acids is 1. The van der Waals surface area contributed by atoms with Gasteiger partial charge in [-0.15, -0.1) is 0 Å². The first-order valence-electron chi connectivity index (χ1n) is 16.9. The molecule has 2 aliphatic rings. The molecule has 1 saturated heterocycles. The Morgan fingerprint density at radius 2 is 1.96 bits per heavy atom. The predicted molar refractivity (Wildman–Crippen MR) is 118 cm³/mol. The number of halogens is 2. The van der Waals surface area contributed by atoms with E-state index in [1.54, 1.807) is 5.32 Å². The van der Waals surface area contributed by atoms with Gasteiger partial charge in [0.25, 0.3) is 0 Å². The van der Waals surface area contributed by atoms with Gasteiger partial charge >= 0.3 is 6.03 Å². The number of nitrogens with one attached hydrogen (secondary N) is 1. The molecule has 1 aromatic rings. The molecule has 3 rings (SSSR count). The molecule has 1 aliphatic heterocycles. The zero-order valence-electron chi connectivity index (χ0n) is 32.3. The summed E-state index contributed by atoms with van der Waals surface area (Å²) in [7, 11) is 2.28. The van der Waals surface area contributed by atoms with E-state index in [9.17, 15) is 4.79 Å². The van der Waals surface area contributed by atoms with E-state index in [1.807, 2.05) is 0 Å². The average Bonchev–Trinajstić information content (AvgIpc) is 2.93. The SMILES string of the molecule is [2H]c1c([2H])c(Cl)c(Cl)c(N2CCN(C([2H])([2H])C([2H])([2H])C3([2H])C([2H])([2H])C([2H])([2H])C([2H])(NC(=O)N(C)C)C([2H])([2H])C3([2H])[2H])CC2)c1[2H]. The van der Waals surface area contributed by atoms with Crippen LogP contribution in [0.25, 0.3) is 0 Å². The zero-order chi connectivity index (χ0) is 35.3. The highest BCUT2D eigenvalue weighted by molar-refractivity contribution is 6.43. The minimum atomic E-state index is -4.23. The van der Waals surface area contributed by atoms with Crippen molar-refractivity contribution in [2.24, 2.45) is 5.89 Å². The number of hydrogen-bond acceptors (Lipinski definition) is 3. The van der Waals surface area contributed by atoms with Gasteiger partial charge in [-0.2, -0.15) is 0 Å². The minimum absolute atomic E-state index is 0.0456. The second kappa shape index (κ2) is 10.0. The molecule has 0 spiro atoms. The van der Waals surface area contributed by atoms with Crippen LogP contribution in [0.5, 0.6) is 0 Å². The van der Waals surface area contributed by atoms with Crippen LogP contribution < -0.4 is 10.2 Å². The van der Waals surface area contributed by atoms with Gasteiger partial charge in [-0.3, -0.25) is 4.90 Å². The van der Waals surface area contributed by atoms with Gasteiger partial charge in [-0.1, -0.05) is 29.2 Å². The van der Waals surface area contributed by atoms with Crippen molar-refractivity contribution in [3.8, 4) is 0 Å². The Kier molecular flexibility index (Phi) is 3.06. The van der Waals surface area contributed by atoms with Crippen molar-refractivity contribution in [3.05, 3.63) is 28.2 Å². The second-order valence-electron chi connectivity index (χ2n) is 6.14. The number of urea groups is 1. The first-order chi connectivity index (χ1) is 20.0. The molecule has 5 nitrogen and oxygen atoms in total. The molecule has 1 aromatic carbocycles. The van der Waals surface area contributed by atoms with E-state index in [2.05, 4.69) is 0 Å². The van der Waals surface area contributed by atoms with Gasteiger partial charge in [0.1, 0.15) is 0 Å². The van der Waals surface area contributed by atoms with Gasteiger partial charge in [0, 0.05) is 64.1 Å². The predicted octanol–water partition coefficient (Wildman–Crippen LogP) is 4.34. The Bertz CT molecular complexity index is 1310. The van der Waals surface area contributed by atoms with Gasteiger partial charge in [-0.25, -0.2) is 4.79 Å². The van der Waals surface area contributed by atoms with E-state index in [0.717, 1.165) is 23.9 Å². The van der Waals surface area contributed by atoms with E-state index in [4.69, 9.17) is 46.5 Å². The van der Waals surface area contributed by atoms with Crippen LogP contribution in [0.15, 0.2) is 18.1 Å². The third kappa shape index (κ3) is 5.68. The molecule has 7 heteroatoms. The lowest BCUT2D eigenvalue weighted by molar-refractivity contribution is 0.194. The number of hydrogen-bond donors (Lipinski definition) is 1. The van der Waals surface area contributed by atoms with E-state index < -0.39 is 87.5 Å². The first kappa shape index (κ1) is 8.52. The number of piperazine rings is 1. The summed E-state index contributed by atoms with van der Waals surface area (Å²) in [6, 6.07) is -6.52. The van der Waals surface area contributed by atoms with Crippen LogP contribution in [0.4, 0.5) is 10.5 Å². The molecule has 2 amide bonds. The van der Waals surface area contributed by atoms with Gasteiger partial charge < -0.3 is 15.1 Å². The standard InChI is InChI=1S/C21H32Cl2N4O/c1-25(2)21(28)24-17-8-6-16(7-9-17)10-11-26-12-14-27(15-13-26)19-5-3-4-18(22)20(19)23/h3-5,16-17H,6-15H2,1-2H3,(H,24,28)/i3D,4D,5D,6D2,7D2,8D2,9D2,10D2,11D2,16D,17D. The van der Waals surface area contributed by atoms with Gasteiger partial charge in [0.05, 0.1) is 21.2 Å². The summed E-state index contributed by atoms with van der Waals surface area (Å²) in [5.41, 5.74) is -0.0456. The smallest absolute Gasteiger partial charge is 0.317 e. The Hall–Kier alpha value is -1.17. The number of rotatable bonds is 5. The molecule has 156 valence electrons. The molecule has 0 unspecified atom stereocenters. The van der Waals surface area contributed by atoms with Crippen molar-refractivity contribution >= 4 is 34.9 Å². The van der Waals surface area contributed by atoms with Crippen LogP contribution in [0, 0.1) is 5.89 Å². The lowest BCUT2D eigenvalue weighted by atomic mass is 9.84. The number of nitrogens with zero attached hydrogens (tertiary/aromatic N) is 3. The average molecular weight is 445 g/mol. The summed E-state index contributed by atoms with van der Waals surface area (Å²) in [5.74, 6) is -4.23. The Morgan fingerprint density at radius 1 is 1.29 bits per heavy atom. The van der Waals surface area contributed by atoms with Crippen LogP contribution in [0.1, 0.15) is 55.2 Å². The van der Waals surface area contributed by atoms with Crippen molar-refractivity contribution in [1.82, 2.24) is 15.1 Å². The molecule has 1 aliphatic carbocycles. The largest absolute Gasteiger partial charge is 0.368 e. The van der Waals surface area contributed by atoms with Crippen LogP contribution in [0.2, 0.25) is 10.0 Å². The molecule has 0 aromatic heterocycles. The van der Waals surface area contributed by atoms with Crippen molar-refractivity contribution < 1.29 is 28.1 Å². The monoisotopic (exact) mass is 443 g/mol. The summed E-state index contributed by atoms with van der Waals surface area (Å²) >= 11 is 12.3. The maximum Gasteiger partial charge on any atom is 0.317 e. The third-order valence-electron chi connectivity index (χ3n) is 3.95. The quantitative estimate of drug-likeness (QED) is 0.735. The normalized spacial score (nSPS) is 45.9. The van der Waals surface area contributed by atoms with Crippen molar-refractivity contribution in [3.63, 3.8) is 0 Å². The summed E-state index contributed by atoms with van der Waals surface area (Å²) in [5, 5.41) is 1.16. The summed E-state index contributed by atoms with van der Waals surface area (Å²) < 4.78 is 145. The van der Waals surface area contributed by atoms with Gasteiger partial charge in [-0.05, 0) is 56.3 Å². The Labute approximate surface area is 202 Å². The fourth-order valence-electron chi connectivity index (χ4n) is 2.41. The van der Waals surface area contributed by atoms with Crippen molar-refractivity contribution in [2.75, 3.05) is 51.7 Å². The van der Waals surface area contributed by atoms with Crippen LogP contribution >= 0.6 is 23.2 Å². The highest BCUT2D eigenvalue weighted by Gasteiger charge is 2.24. The highest BCUT2D eigenvalue weighted by atomic mass is 35.5. The highest BCUT2D eigenvalue weighted by Crippen LogP contribution is 2.33. The van der Waals surface area contributed by atoms with Crippen molar-refractivity contribution in [1.29, 1.82) is 0 Å². The van der Waals surface area contributed by atoms with E-state index in [1.165, 1.54) is 4.90 Å². The number of carbonyl (C=O) groups is 1. The van der Waals surface area contributed by atoms with Crippen LogP contribution in [-0.2, 0) is 0 Å². The van der Waals surface area contributed by atoms with Crippen molar-refractivity contribution in [2.45, 2.75) is 37.9 Å². The zero-order valence-corrected chi connectivity index (χ0v) is 16.8. The molecular formula is C21H32Cl2N4O. The third-order valence-corrected chi connectivity index (χ3v) is 4.70. The number of benzene rings is 1. The van der Waals surface area contributed by atoms with Crippen LogP contribution in [0.3, 0.4) is 0 Å². The molecule has 1 saturated carbocycles. The number of amides is 2. The molecule has 0 atom stereocenters. The summed E-state index contributed by atoms with van der Waals surface area (Å²) in [6.45, 7) is -4.72. The lowest BCUT2D eigenvalue weighted by Crippen LogP contribution is -2.47. The molecule has 2 fully saturated rings. The van der Waals surface area contributed by atoms with E-state index in [0.29, 0.717) is 0 Å².